The molecule has 1 fully saturated rings. The largest absolute Gasteiger partial charge is 0.467 e. The normalized spacial score (nSPS) is 23.2. The van der Waals surface area contributed by atoms with Crippen LogP contribution in [-0.2, 0) is 19.1 Å². The highest BCUT2D eigenvalue weighted by molar-refractivity contribution is 5.88. The van der Waals surface area contributed by atoms with E-state index in [0.29, 0.717) is 13.2 Å². The number of ether oxygens (including phenoxy) is 2. The van der Waals surface area contributed by atoms with Gasteiger partial charge in [-0.3, -0.25) is 4.79 Å². The van der Waals surface area contributed by atoms with Gasteiger partial charge in [0.1, 0.15) is 5.54 Å². The fourth-order valence-corrected chi connectivity index (χ4v) is 2.05. The number of carbonyl (C=O) groups is 2. The summed E-state index contributed by atoms with van der Waals surface area (Å²) in [6.45, 7) is 7.07. The van der Waals surface area contributed by atoms with Crippen molar-refractivity contribution in [2.45, 2.75) is 38.8 Å². The summed E-state index contributed by atoms with van der Waals surface area (Å²) >= 11 is 0. The van der Waals surface area contributed by atoms with Crippen molar-refractivity contribution in [3.05, 3.63) is 0 Å². The van der Waals surface area contributed by atoms with Crippen molar-refractivity contribution in [1.82, 2.24) is 10.6 Å². The molecule has 0 aromatic carbocycles. The zero-order chi connectivity index (χ0) is 14.5. The van der Waals surface area contributed by atoms with E-state index in [1.54, 1.807) is 13.8 Å². The predicted octanol–water partition coefficient (Wildman–Crippen LogP) is 0.0688. The van der Waals surface area contributed by atoms with E-state index in [9.17, 15) is 9.59 Å². The van der Waals surface area contributed by atoms with Gasteiger partial charge in [-0.05, 0) is 26.8 Å². The minimum Gasteiger partial charge on any atom is -0.467 e. The molecule has 1 amide bonds. The average Bonchev–Trinajstić information content (AvgIpc) is 2.82. The smallest absolute Gasteiger partial charge is 0.330 e. The molecule has 2 atom stereocenters. The molecule has 1 aliphatic heterocycles. The highest BCUT2D eigenvalue weighted by atomic mass is 16.5. The summed E-state index contributed by atoms with van der Waals surface area (Å²) in [5.74, 6) is -0.908. The first-order chi connectivity index (χ1) is 8.92. The summed E-state index contributed by atoms with van der Waals surface area (Å²) in [7, 11) is 1.31. The number of hydrogen-bond acceptors (Lipinski definition) is 5. The molecule has 0 saturated carbocycles. The van der Waals surface area contributed by atoms with Crippen LogP contribution in [0.4, 0.5) is 0 Å². The molecule has 110 valence electrons. The molecule has 6 heteroatoms. The van der Waals surface area contributed by atoms with Crippen LogP contribution in [0.15, 0.2) is 0 Å². The Morgan fingerprint density at radius 3 is 2.63 bits per heavy atom. The summed E-state index contributed by atoms with van der Waals surface area (Å²) in [6.07, 6.45) is 0.999. The first-order valence-electron chi connectivity index (χ1n) is 6.64. The first-order valence-corrected chi connectivity index (χ1v) is 6.64. The van der Waals surface area contributed by atoms with E-state index in [1.165, 1.54) is 7.11 Å². The highest BCUT2D eigenvalue weighted by Gasteiger charge is 2.38. The van der Waals surface area contributed by atoms with Gasteiger partial charge in [-0.25, -0.2) is 4.79 Å². The van der Waals surface area contributed by atoms with Crippen LogP contribution in [0.5, 0.6) is 0 Å². The molecule has 1 heterocycles. The van der Waals surface area contributed by atoms with Crippen LogP contribution in [0.1, 0.15) is 27.2 Å². The van der Waals surface area contributed by atoms with E-state index < -0.39 is 11.5 Å². The van der Waals surface area contributed by atoms with Gasteiger partial charge in [0.05, 0.1) is 26.2 Å². The topological polar surface area (TPSA) is 76.7 Å². The molecular formula is C13H24N2O4. The van der Waals surface area contributed by atoms with Crippen molar-refractivity contribution >= 4 is 11.9 Å². The van der Waals surface area contributed by atoms with Crippen molar-refractivity contribution in [1.29, 1.82) is 0 Å². The van der Waals surface area contributed by atoms with Crippen molar-refractivity contribution in [2.75, 3.05) is 26.9 Å². The minimum atomic E-state index is -1.02. The van der Waals surface area contributed by atoms with Gasteiger partial charge in [0.15, 0.2) is 0 Å². The van der Waals surface area contributed by atoms with Crippen LogP contribution in [0.25, 0.3) is 0 Å². The van der Waals surface area contributed by atoms with Gasteiger partial charge >= 0.3 is 5.97 Å². The summed E-state index contributed by atoms with van der Waals surface area (Å²) in [5.41, 5.74) is -1.02. The Morgan fingerprint density at radius 1 is 1.37 bits per heavy atom. The first kappa shape index (κ1) is 15.9. The third kappa shape index (κ3) is 4.18. The third-order valence-electron chi connectivity index (χ3n) is 3.21. The van der Waals surface area contributed by atoms with E-state index in [1.807, 2.05) is 0 Å². The number of esters is 1. The summed E-state index contributed by atoms with van der Waals surface area (Å²) in [5, 5.41) is 6.01. The second-order valence-electron chi connectivity index (χ2n) is 5.31. The van der Waals surface area contributed by atoms with E-state index >= 15 is 0 Å². The van der Waals surface area contributed by atoms with Gasteiger partial charge in [-0.2, -0.15) is 0 Å². The Bertz CT molecular complexity index is 331. The Labute approximate surface area is 114 Å². The van der Waals surface area contributed by atoms with E-state index in [0.717, 1.165) is 13.0 Å². The fraction of sp³-hybridized carbons (Fsp3) is 0.846. The standard InChI is InChI=1S/C13H24N2O4/c1-5-6-14-10-8-19-7-9(10)11(16)15-13(2,3)12(17)18-4/h9-10,14H,5-8H2,1-4H3,(H,15,16). The lowest BCUT2D eigenvalue weighted by Gasteiger charge is -2.26. The molecule has 0 radical (unpaired) electrons. The Morgan fingerprint density at radius 2 is 2.05 bits per heavy atom. The molecule has 1 saturated heterocycles. The Balaban J connectivity index is 2.59. The number of rotatable bonds is 6. The van der Waals surface area contributed by atoms with E-state index in [-0.39, 0.29) is 17.9 Å². The van der Waals surface area contributed by atoms with Crippen molar-refractivity contribution in [3.8, 4) is 0 Å². The Hall–Kier alpha value is -1.14. The van der Waals surface area contributed by atoms with Gasteiger partial charge in [0.25, 0.3) is 0 Å². The minimum absolute atomic E-state index is 0.00777. The molecule has 0 aromatic rings. The monoisotopic (exact) mass is 272 g/mol. The molecule has 0 aliphatic carbocycles. The van der Waals surface area contributed by atoms with Gasteiger partial charge in [-0.1, -0.05) is 6.92 Å². The van der Waals surface area contributed by atoms with Crippen LogP contribution in [0, 0.1) is 5.92 Å². The molecular weight excluding hydrogens is 248 g/mol. The molecule has 0 spiro atoms. The van der Waals surface area contributed by atoms with Gasteiger partial charge < -0.3 is 20.1 Å². The van der Waals surface area contributed by atoms with Crippen LogP contribution in [0.3, 0.4) is 0 Å². The maximum Gasteiger partial charge on any atom is 0.330 e. The second-order valence-corrected chi connectivity index (χ2v) is 5.31. The van der Waals surface area contributed by atoms with Crippen LogP contribution in [-0.4, -0.2) is 50.3 Å². The maximum absolute atomic E-state index is 12.2. The summed E-state index contributed by atoms with van der Waals surface area (Å²) in [6, 6.07) is 0.00777. The quantitative estimate of drug-likeness (QED) is 0.669. The number of carbonyl (C=O) groups excluding carboxylic acids is 2. The molecule has 2 N–H and O–H groups in total. The van der Waals surface area contributed by atoms with Crippen molar-refractivity contribution < 1.29 is 19.1 Å². The zero-order valence-electron chi connectivity index (χ0n) is 12.1. The molecule has 1 aliphatic rings. The molecule has 1 rings (SSSR count). The van der Waals surface area contributed by atoms with Crippen LogP contribution < -0.4 is 10.6 Å². The van der Waals surface area contributed by atoms with Gasteiger partial charge in [-0.15, -0.1) is 0 Å². The lowest BCUT2D eigenvalue weighted by Crippen LogP contribution is -2.54. The highest BCUT2D eigenvalue weighted by Crippen LogP contribution is 2.16. The zero-order valence-corrected chi connectivity index (χ0v) is 12.1. The van der Waals surface area contributed by atoms with Gasteiger partial charge in [0, 0.05) is 6.04 Å². The number of amides is 1. The van der Waals surface area contributed by atoms with Crippen molar-refractivity contribution in [3.63, 3.8) is 0 Å². The molecule has 19 heavy (non-hydrogen) atoms. The van der Waals surface area contributed by atoms with Crippen LogP contribution in [0.2, 0.25) is 0 Å². The SMILES string of the molecule is CCCNC1COCC1C(=O)NC(C)(C)C(=O)OC. The van der Waals surface area contributed by atoms with E-state index in [4.69, 9.17) is 4.74 Å². The molecule has 2 unspecified atom stereocenters. The average molecular weight is 272 g/mol. The molecule has 0 aromatic heterocycles. The van der Waals surface area contributed by atoms with Gasteiger partial charge in [0.2, 0.25) is 5.91 Å². The fourth-order valence-electron chi connectivity index (χ4n) is 2.05. The van der Waals surface area contributed by atoms with Crippen molar-refractivity contribution in [2.24, 2.45) is 5.92 Å². The number of nitrogens with one attached hydrogen (secondary N) is 2. The van der Waals surface area contributed by atoms with Crippen LogP contribution >= 0.6 is 0 Å². The number of hydrogen-bond donors (Lipinski definition) is 2. The second kappa shape index (κ2) is 6.86. The Kier molecular flexibility index (Phi) is 5.75. The molecule has 6 nitrogen and oxygen atoms in total. The number of methoxy groups -OCH3 is 1. The summed E-state index contributed by atoms with van der Waals surface area (Å²) in [4.78, 5) is 23.8. The maximum atomic E-state index is 12.2. The van der Waals surface area contributed by atoms with E-state index in [2.05, 4.69) is 22.3 Å². The lowest BCUT2D eigenvalue weighted by atomic mass is 9.99. The molecule has 0 bridgehead atoms. The summed E-state index contributed by atoms with van der Waals surface area (Å²) < 4.78 is 10.0. The predicted molar refractivity (Wildman–Crippen MR) is 70.6 cm³/mol. The lowest BCUT2D eigenvalue weighted by molar-refractivity contribution is -0.150. The third-order valence-corrected chi connectivity index (χ3v) is 3.21.